The first-order valence-electron chi connectivity index (χ1n) is 9.77. The molecule has 1 fully saturated rings. The number of benzene rings is 1. The number of alkyl halides is 2. The van der Waals surface area contributed by atoms with Gasteiger partial charge in [-0.3, -0.25) is 9.69 Å². The zero-order chi connectivity index (χ0) is 20.4. The fourth-order valence-electron chi connectivity index (χ4n) is 3.70. The highest BCUT2D eigenvalue weighted by Crippen LogP contribution is 2.22. The van der Waals surface area contributed by atoms with E-state index in [4.69, 9.17) is 0 Å². The lowest BCUT2D eigenvalue weighted by Gasteiger charge is -2.26. The van der Waals surface area contributed by atoms with Crippen LogP contribution in [0.4, 0.5) is 14.5 Å². The van der Waals surface area contributed by atoms with Crippen LogP contribution < -0.4 is 5.32 Å². The van der Waals surface area contributed by atoms with Crippen molar-refractivity contribution in [3.63, 3.8) is 0 Å². The van der Waals surface area contributed by atoms with Crippen molar-refractivity contribution in [3.8, 4) is 0 Å². The van der Waals surface area contributed by atoms with Crippen LogP contribution in [0.2, 0.25) is 0 Å². The highest BCUT2D eigenvalue weighted by molar-refractivity contribution is 6.08. The van der Waals surface area contributed by atoms with Gasteiger partial charge in [-0.25, -0.2) is 18.3 Å². The van der Waals surface area contributed by atoms with E-state index in [1.54, 1.807) is 6.92 Å². The Morgan fingerprint density at radius 2 is 1.90 bits per heavy atom. The molecule has 0 unspecified atom stereocenters. The molecule has 6 nitrogen and oxygen atoms in total. The van der Waals surface area contributed by atoms with Gasteiger partial charge in [0.15, 0.2) is 5.65 Å². The summed E-state index contributed by atoms with van der Waals surface area (Å²) in [6, 6.07) is 8.97. The first kappa shape index (κ1) is 19.4. The number of anilines is 1. The molecule has 1 aliphatic rings. The van der Waals surface area contributed by atoms with Gasteiger partial charge in [0.1, 0.15) is 11.3 Å². The Kier molecular flexibility index (Phi) is 5.53. The predicted octanol–water partition coefficient (Wildman–Crippen LogP) is 4.21. The van der Waals surface area contributed by atoms with Gasteiger partial charge in [-0.05, 0) is 56.6 Å². The molecule has 2 aromatic heterocycles. The van der Waals surface area contributed by atoms with Crippen LogP contribution in [0.3, 0.4) is 0 Å². The average Bonchev–Trinajstić information content (AvgIpc) is 3.13. The molecule has 8 heteroatoms. The highest BCUT2D eigenvalue weighted by atomic mass is 19.3. The number of fused-ring (bicyclic) bond motifs is 1. The van der Waals surface area contributed by atoms with Crippen LogP contribution in [0.5, 0.6) is 0 Å². The number of likely N-dealkylation sites (tertiary alicyclic amines) is 1. The van der Waals surface area contributed by atoms with Gasteiger partial charge in [-0.2, -0.15) is 5.10 Å². The Morgan fingerprint density at radius 3 is 2.59 bits per heavy atom. The van der Waals surface area contributed by atoms with Gasteiger partial charge >= 0.3 is 0 Å². The second kappa shape index (κ2) is 8.24. The number of carbonyl (C=O) groups is 1. The molecule has 152 valence electrons. The Bertz CT molecular complexity index is 1010. The van der Waals surface area contributed by atoms with Gasteiger partial charge in [0.2, 0.25) is 0 Å². The summed E-state index contributed by atoms with van der Waals surface area (Å²) < 4.78 is 27.5. The van der Waals surface area contributed by atoms with E-state index in [9.17, 15) is 13.6 Å². The minimum absolute atomic E-state index is 0.125. The fourth-order valence-corrected chi connectivity index (χ4v) is 3.70. The molecule has 1 saturated heterocycles. The second-order valence-electron chi connectivity index (χ2n) is 7.40. The SMILES string of the molecule is Cc1cc(C(F)F)n2ncc(C(=O)Nc3ccc(CN4CCCCC4)cc3)c2n1. The van der Waals surface area contributed by atoms with Gasteiger partial charge < -0.3 is 5.32 Å². The summed E-state index contributed by atoms with van der Waals surface area (Å²) in [5.41, 5.74) is 2.24. The van der Waals surface area contributed by atoms with Gasteiger partial charge in [-0.15, -0.1) is 0 Å². The molecule has 3 heterocycles. The molecular weight excluding hydrogens is 376 g/mol. The Labute approximate surface area is 167 Å². The summed E-state index contributed by atoms with van der Waals surface area (Å²) in [4.78, 5) is 19.3. The molecule has 0 atom stereocenters. The monoisotopic (exact) mass is 399 g/mol. The molecule has 4 rings (SSSR count). The molecule has 0 aliphatic carbocycles. The maximum Gasteiger partial charge on any atom is 0.280 e. The van der Waals surface area contributed by atoms with Gasteiger partial charge in [-0.1, -0.05) is 18.6 Å². The van der Waals surface area contributed by atoms with Crippen LogP contribution in [-0.4, -0.2) is 38.5 Å². The van der Waals surface area contributed by atoms with Crippen LogP contribution >= 0.6 is 0 Å². The third-order valence-corrected chi connectivity index (χ3v) is 5.16. The molecule has 1 amide bonds. The lowest BCUT2D eigenvalue weighted by molar-refractivity contribution is 0.102. The maximum absolute atomic E-state index is 13.2. The Morgan fingerprint density at radius 1 is 1.17 bits per heavy atom. The largest absolute Gasteiger partial charge is 0.322 e. The van der Waals surface area contributed by atoms with Crippen molar-refractivity contribution in [2.75, 3.05) is 18.4 Å². The zero-order valence-corrected chi connectivity index (χ0v) is 16.2. The van der Waals surface area contributed by atoms with Crippen molar-refractivity contribution in [2.45, 2.75) is 39.2 Å². The van der Waals surface area contributed by atoms with Crippen LogP contribution in [0.1, 0.15) is 53.0 Å². The first-order valence-corrected chi connectivity index (χ1v) is 9.77. The van der Waals surface area contributed by atoms with Gasteiger partial charge in [0.25, 0.3) is 12.3 Å². The van der Waals surface area contributed by atoms with Crippen molar-refractivity contribution in [1.29, 1.82) is 0 Å². The zero-order valence-electron chi connectivity index (χ0n) is 16.2. The van der Waals surface area contributed by atoms with E-state index in [0.29, 0.717) is 11.4 Å². The number of amides is 1. The molecule has 0 bridgehead atoms. The molecule has 0 saturated carbocycles. The molecule has 0 spiro atoms. The number of nitrogens with zero attached hydrogens (tertiary/aromatic N) is 4. The third-order valence-electron chi connectivity index (χ3n) is 5.16. The van der Waals surface area contributed by atoms with Crippen molar-refractivity contribution in [2.24, 2.45) is 0 Å². The van der Waals surface area contributed by atoms with E-state index >= 15 is 0 Å². The number of aromatic nitrogens is 3. The summed E-state index contributed by atoms with van der Waals surface area (Å²) >= 11 is 0. The number of nitrogens with one attached hydrogen (secondary N) is 1. The minimum atomic E-state index is -2.71. The Balaban J connectivity index is 1.49. The van der Waals surface area contributed by atoms with Crippen molar-refractivity contribution in [1.82, 2.24) is 19.5 Å². The van der Waals surface area contributed by atoms with Crippen molar-refractivity contribution < 1.29 is 13.6 Å². The molecular formula is C21H23F2N5O. The van der Waals surface area contributed by atoms with E-state index in [1.807, 2.05) is 24.3 Å². The highest BCUT2D eigenvalue weighted by Gasteiger charge is 2.20. The van der Waals surface area contributed by atoms with Crippen molar-refractivity contribution >= 4 is 17.2 Å². The standard InChI is InChI=1S/C21H23F2N5O/c1-14-11-18(19(22)23)28-20(25-14)17(12-24-28)21(29)26-16-7-5-15(6-8-16)13-27-9-3-2-4-10-27/h5-8,11-12,19H,2-4,9-10,13H2,1H3,(H,26,29). The maximum atomic E-state index is 13.2. The fraction of sp³-hybridized carbons (Fsp3) is 0.381. The number of carbonyl (C=O) groups excluding carboxylic acids is 1. The lowest BCUT2D eigenvalue weighted by atomic mass is 10.1. The average molecular weight is 399 g/mol. The predicted molar refractivity (Wildman–Crippen MR) is 106 cm³/mol. The first-order chi connectivity index (χ1) is 14.0. The van der Waals surface area contributed by atoms with E-state index in [0.717, 1.165) is 24.1 Å². The topological polar surface area (TPSA) is 62.5 Å². The molecule has 3 aromatic rings. The van der Waals surface area contributed by atoms with Gasteiger partial charge in [0.05, 0.1) is 6.20 Å². The number of piperidine rings is 1. The van der Waals surface area contributed by atoms with Crippen LogP contribution in [-0.2, 0) is 6.54 Å². The number of aryl methyl sites for hydroxylation is 1. The number of hydrogen-bond acceptors (Lipinski definition) is 4. The number of rotatable bonds is 5. The second-order valence-corrected chi connectivity index (χ2v) is 7.40. The third kappa shape index (κ3) is 4.27. The van der Waals surface area contributed by atoms with E-state index in [1.165, 1.54) is 37.1 Å². The van der Waals surface area contributed by atoms with E-state index in [2.05, 4.69) is 20.3 Å². The van der Waals surface area contributed by atoms with Crippen molar-refractivity contribution in [3.05, 3.63) is 59.0 Å². The van der Waals surface area contributed by atoms with E-state index in [-0.39, 0.29) is 16.9 Å². The molecule has 1 aliphatic heterocycles. The molecule has 1 N–H and O–H groups in total. The molecule has 29 heavy (non-hydrogen) atoms. The summed E-state index contributed by atoms with van der Waals surface area (Å²) in [6.45, 7) is 4.77. The number of halogens is 2. The lowest BCUT2D eigenvalue weighted by Crippen LogP contribution is -2.29. The Hall–Kier alpha value is -2.87. The number of hydrogen-bond donors (Lipinski definition) is 1. The van der Waals surface area contributed by atoms with E-state index < -0.39 is 12.3 Å². The summed E-state index contributed by atoms with van der Waals surface area (Å²) in [5, 5.41) is 6.73. The van der Waals surface area contributed by atoms with Gasteiger partial charge in [0, 0.05) is 17.9 Å². The quantitative estimate of drug-likeness (QED) is 0.698. The summed E-state index contributed by atoms with van der Waals surface area (Å²) in [7, 11) is 0. The van der Waals surface area contributed by atoms with Crippen LogP contribution in [0.25, 0.3) is 5.65 Å². The van der Waals surface area contributed by atoms with Crippen LogP contribution in [0, 0.1) is 6.92 Å². The summed E-state index contributed by atoms with van der Waals surface area (Å²) in [6.07, 6.45) is 2.36. The smallest absolute Gasteiger partial charge is 0.280 e. The summed E-state index contributed by atoms with van der Waals surface area (Å²) in [5.74, 6) is -0.429. The minimum Gasteiger partial charge on any atom is -0.322 e. The molecule has 1 aromatic carbocycles. The van der Waals surface area contributed by atoms with Crippen LogP contribution in [0.15, 0.2) is 36.5 Å². The normalized spacial score (nSPS) is 15.2. The molecule has 0 radical (unpaired) electrons.